The van der Waals surface area contributed by atoms with E-state index in [1.807, 2.05) is 30.5 Å². The van der Waals surface area contributed by atoms with Gasteiger partial charge in [0.05, 0.1) is 0 Å². The van der Waals surface area contributed by atoms with Crippen molar-refractivity contribution in [1.29, 1.82) is 0 Å². The quantitative estimate of drug-likeness (QED) is 0.131. The van der Waals surface area contributed by atoms with Crippen molar-refractivity contribution < 1.29 is 24.2 Å². The van der Waals surface area contributed by atoms with E-state index in [-0.39, 0.29) is 25.7 Å². The van der Waals surface area contributed by atoms with Gasteiger partial charge in [-0.1, -0.05) is 84.9 Å². The fourth-order valence-electron chi connectivity index (χ4n) is 6.18. The van der Waals surface area contributed by atoms with Crippen LogP contribution in [0.25, 0.3) is 66.3 Å². The summed E-state index contributed by atoms with van der Waals surface area (Å²) in [7, 11) is 0. The molecule has 3 heteroatoms. The third-order valence-electron chi connectivity index (χ3n) is 8.43. The molecule has 2 heterocycles. The number of aromatic nitrogens is 2. The molecule has 0 aliphatic carbocycles. The minimum Gasteiger partial charge on any atom is -0.305 e. The molecule has 1 radical (unpaired) electrons. The molecule has 0 saturated carbocycles. The predicted octanol–water partition coefficient (Wildman–Crippen LogP) is 11.7. The van der Waals surface area contributed by atoms with E-state index in [9.17, 15) is 0 Å². The zero-order valence-corrected chi connectivity index (χ0v) is 29.1. The monoisotopic (exact) mass is 798 g/mol. The van der Waals surface area contributed by atoms with Crippen LogP contribution >= 0.6 is 0 Å². The minimum absolute atomic E-state index is 0. The summed E-state index contributed by atoms with van der Waals surface area (Å²) >= 11 is 0. The van der Waals surface area contributed by atoms with Gasteiger partial charge in [0.25, 0.3) is 0 Å². The molecule has 0 amide bonds. The van der Waals surface area contributed by atoms with Gasteiger partial charge in [-0.2, -0.15) is 0 Å². The molecule has 0 bridgehead atoms. The van der Waals surface area contributed by atoms with Gasteiger partial charge in [-0.25, -0.2) is 0 Å². The fraction of sp³-hybridized carbons (Fsp3) is 0.0667. The predicted molar refractivity (Wildman–Crippen MR) is 197 cm³/mol. The molecule has 8 aromatic rings. The van der Waals surface area contributed by atoms with Gasteiger partial charge in [0.15, 0.2) is 0 Å². The summed E-state index contributed by atoms with van der Waals surface area (Å²) in [5, 5.41) is 5.07. The molecule has 0 saturated heterocycles. The third kappa shape index (κ3) is 6.89. The Morgan fingerprint density at radius 1 is 0.562 bits per heavy atom. The second kappa shape index (κ2) is 14.7. The van der Waals surface area contributed by atoms with E-state index in [4.69, 9.17) is 9.10 Å². The van der Waals surface area contributed by atoms with E-state index in [1.165, 1.54) is 61.1 Å². The van der Waals surface area contributed by atoms with Crippen LogP contribution in [-0.4, -0.2) is 9.97 Å². The third-order valence-corrected chi connectivity index (χ3v) is 8.43. The molecule has 0 fully saturated rings. The van der Waals surface area contributed by atoms with Crippen LogP contribution in [0.2, 0.25) is 0 Å². The molecule has 0 atom stereocenters. The second-order valence-corrected chi connectivity index (χ2v) is 11.6. The summed E-state index contributed by atoms with van der Waals surface area (Å²) in [6.45, 7) is 2.24. The zero-order valence-electron chi connectivity index (χ0n) is 29.7. The van der Waals surface area contributed by atoms with Crippen LogP contribution in [0.15, 0.2) is 152 Å². The van der Waals surface area contributed by atoms with Crippen LogP contribution in [0.4, 0.5) is 0 Å². The molecule has 2 nitrogen and oxygen atoms in total. The van der Waals surface area contributed by atoms with Crippen molar-refractivity contribution in [2.24, 2.45) is 0 Å². The Bertz CT molecular complexity index is 2420. The van der Waals surface area contributed by atoms with Crippen LogP contribution in [0.3, 0.4) is 0 Å². The van der Waals surface area contributed by atoms with Gasteiger partial charge in [-0.05, 0) is 99.1 Å². The van der Waals surface area contributed by atoms with Gasteiger partial charge in [0, 0.05) is 36.6 Å². The van der Waals surface area contributed by atoms with E-state index < -0.39 is 6.85 Å². The molecule has 0 aliphatic heterocycles. The van der Waals surface area contributed by atoms with Crippen molar-refractivity contribution in [3.63, 3.8) is 0 Å². The largest absolute Gasteiger partial charge is 0.305 e. The van der Waals surface area contributed by atoms with Crippen LogP contribution in [0.5, 0.6) is 0 Å². The van der Waals surface area contributed by atoms with E-state index in [1.54, 1.807) is 18.2 Å². The first-order valence-corrected chi connectivity index (χ1v) is 15.7. The SMILES string of the molecule is Cc1cccc(C)c1-c1ccnc(-c2[c-]ccc(-c3cc4ccccc4c4ccccc34)c2)c1.[2H]C([2H])([2H])c1ccc(-c2[c-]cccc2)nc1.[Ir]. The first kappa shape index (κ1) is 29.0. The standard InChI is InChI=1S/C33H24N.C12H10N.Ir/c1-22-9-7-10-23(2)33(22)27-17-18-34-32(21-27)26-13-8-12-24(19-26)31-20-25-11-3-4-14-28(25)29-15-5-6-16-30(29)31;1-10-7-8-12(13-9-10)11-5-3-2-4-6-11;/h3-12,14-21H,1-2H3;2-5,7-9H,1H3;/q2*-1;/i;1D3;. The first-order valence-electron chi connectivity index (χ1n) is 17.2. The van der Waals surface area contributed by atoms with Gasteiger partial charge < -0.3 is 9.97 Å². The van der Waals surface area contributed by atoms with Crippen LogP contribution in [0.1, 0.15) is 20.8 Å². The van der Waals surface area contributed by atoms with Crippen molar-refractivity contribution in [2.75, 3.05) is 0 Å². The van der Waals surface area contributed by atoms with Crippen molar-refractivity contribution >= 4 is 21.5 Å². The summed E-state index contributed by atoms with van der Waals surface area (Å²) in [4.78, 5) is 8.83. The second-order valence-electron chi connectivity index (χ2n) is 11.6. The number of benzene rings is 6. The summed E-state index contributed by atoms with van der Waals surface area (Å²) in [6.07, 6.45) is 3.30. The maximum Gasteiger partial charge on any atom is 0.0280 e. The van der Waals surface area contributed by atoms with Gasteiger partial charge in [-0.15, -0.1) is 71.3 Å². The Morgan fingerprint density at radius 2 is 1.31 bits per heavy atom. The molecule has 0 unspecified atom stereocenters. The molecule has 0 N–H and O–H groups in total. The Morgan fingerprint density at radius 3 is 2.06 bits per heavy atom. The van der Waals surface area contributed by atoms with E-state index >= 15 is 0 Å². The number of nitrogens with zero attached hydrogens (tertiary/aromatic N) is 2. The molecule has 235 valence electrons. The average molecular weight is 798 g/mol. The average Bonchev–Trinajstić information content (AvgIpc) is 3.15. The van der Waals surface area contributed by atoms with Crippen LogP contribution < -0.4 is 0 Å². The molecule has 0 spiro atoms. The van der Waals surface area contributed by atoms with Crippen LogP contribution in [0, 0.1) is 32.8 Å². The normalized spacial score (nSPS) is 11.8. The van der Waals surface area contributed by atoms with Crippen molar-refractivity contribution in [3.8, 4) is 44.8 Å². The van der Waals surface area contributed by atoms with Crippen molar-refractivity contribution in [3.05, 3.63) is 181 Å². The smallest absolute Gasteiger partial charge is 0.0280 e. The van der Waals surface area contributed by atoms with Gasteiger partial charge in [0.2, 0.25) is 0 Å². The van der Waals surface area contributed by atoms with Crippen molar-refractivity contribution in [1.82, 2.24) is 9.97 Å². The molecule has 8 rings (SSSR count). The molecule has 48 heavy (non-hydrogen) atoms. The summed E-state index contributed by atoms with van der Waals surface area (Å²) in [5.41, 5.74) is 11.2. The molecule has 0 aliphatic rings. The minimum atomic E-state index is -2.09. The topological polar surface area (TPSA) is 25.8 Å². The van der Waals surface area contributed by atoms with Gasteiger partial charge in [-0.3, -0.25) is 0 Å². The number of rotatable bonds is 4. The molecule has 2 aromatic heterocycles. The molecular weight excluding hydrogens is 761 g/mol. The number of aryl methyl sites for hydroxylation is 3. The Hall–Kier alpha value is -5.21. The van der Waals surface area contributed by atoms with E-state index in [0.29, 0.717) is 0 Å². The first-order chi connectivity index (χ1) is 24.3. The summed E-state index contributed by atoms with van der Waals surface area (Å²) < 4.78 is 21.7. The summed E-state index contributed by atoms with van der Waals surface area (Å²) in [6, 6.07) is 53.9. The maximum atomic E-state index is 7.23. The number of hydrogen-bond donors (Lipinski definition) is 0. The number of pyridine rings is 2. The Kier molecular flexibility index (Phi) is 8.87. The van der Waals surface area contributed by atoms with Crippen molar-refractivity contribution in [2.45, 2.75) is 20.7 Å². The Labute approximate surface area is 300 Å². The van der Waals surface area contributed by atoms with Crippen LogP contribution in [-0.2, 0) is 20.1 Å². The van der Waals surface area contributed by atoms with Gasteiger partial charge >= 0.3 is 0 Å². The fourth-order valence-corrected chi connectivity index (χ4v) is 6.18. The van der Waals surface area contributed by atoms with E-state index in [2.05, 4.69) is 128 Å². The van der Waals surface area contributed by atoms with Gasteiger partial charge in [0.1, 0.15) is 0 Å². The molecule has 6 aromatic carbocycles. The van der Waals surface area contributed by atoms with E-state index in [0.717, 1.165) is 22.5 Å². The summed E-state index contributed by atoms with van der Waals surface area (Å²) in [5.74, 6) is 0. The zero-order chi connectivity index (χ0) is 34.7. The molecular formula is C45H34IrN2-2. The Balaban J connectivity index is 0.000000222. The number of hydrogen-bond acceptors (Lipinski definition) is 2. The number of fused-ring (bicyclic) bond motifs is 3. The maximum absolute atomic E-state index is 7.23.